The first-order valence-corrected chi connectivity index (χ1v) is 6.01. The van der Waals surface area contributed by atoms with Crippen molar-refractivity contribution in [2.45, 2.75) is 20.0 Å². The average molecular weight is 336 g/mol. The molecule has 0 aliphatic carbocycles. The van der Waals surface area contributed by atoms with Crippen LogP contribution in [0.1, 0.15) is 17.0 Å². The van der Waals surface area contributed by atoms with Crippen molar-refractivity contribution >= 4 is 28.3 Å². The van der Waals surface area contributed by atoms with Gasteiger partial charge in [-0.1, -0.05) is 27.2 Å². The Balaban J connectivity index is 0.00000162. The smallest absolute Gasteiger partial charge is 0.133 e. The number of aryl methyl sites for hydroxylation is 1. The van der Waals surface area contributed by atoms with Crippen molar-refractivity contribution in [2.24, 2.45) is 0 Å². The summed E-state index contributed by atoms with van der Waals surface area (Å²) >= 11 is 3.22. The van der Waals surface area contributed by atoms with Gasteiger partial charge in [-0.15, -0.1) is 12.4 Å². The summed E-state index contributed by atoms with van der Waals surface area (Å²) in [6.07, 6.45) is 0. The molecule has 0 aliphatic rings. The SMILES string of the molecule is Cc1cc(CNCc2ccc(Br)cc2F)no1.Cl. The summed E-state index contributed by atoms with van der Waals surface area (Å²) in [7, 11) is 0. The Morgan fingerprint density at radius 3 is 2.72 bits per heavy atom. The number of hydrogen-bond donors (Lipinski definition) is 1. The van der Waals surface area contributed by atoms with Crippen LogP contribution in [0.3, 0.4) is 0 Å². The third kappa shape index (κ3) is 4.08. The highest BCUT2D eigenvalue weighted by molar-refractivity contribution is 9.10. The molecule has 98 valence electrons. The van der Waals surface area contributed by atoms with Crippen LogP contribution in [-0.2, 0) is 13.1 Å². The predicted octanol–water partition coefficient (Wildman–Crippen LogP) is 3.60. The van der Waals surface area contributed by atoms with E-state index in [1.165, 1.54) is 6.07 Å². The molecule has 0 saturated heterocycles. The molecule has 0 unspecified atom stereocenters. The Morgan fingerprint density at radius 2 is 2.11 bits per heavy atom. The fourth-order valence-electron chi connectivity index (χ4n) is 1.49. The zero-order valence-corrected chi connectivity index (χ0v) is 12.1. The van der Waals surface area contributed by atoms with E-state index in [4.69, 9.17) is 4.52 Å². The monoisotopic (exact) mass is 334 g/mol. The largest absolute Gasteiger partial charge is 0.361 e. The van der Waals surface area contributed by atoms with Gasteiger partial charge in [0.25, 0.3) is 0 Å². The average Bonchev–Trinajstić information content (AvgIpc) is 2.68. The van der Waals surface area contributed by atoms with Crippen molar-refractivity contribution in [1.82, 2.24) is 10.5 Å². The minimum absolute atomic E-state index is 0. The van der Waals surface area contributed by atoms with Gasteiger partial charge in [-0.05, 0) is 19.1 Å². The third-order valence-electron chi connectivity index (χ3n) is 2.31. The van der Waals surface area contributed by atoms with Crippen molar-refractivity contribution in [3.05, 3.63) is 51.6 Å². The molecule has 0 saturated carbocycles. The van der Waals surface area contributed by atoms with Crippen molar-refractivity contribution in [1.29, 1.82) is 0 Å². The van der Waals surface area contributed by atoms with E-state index >= 15 is 0 Å². The highest BCUT2D eigenvalue weighted by Crippen LogP contribution is 2.15. The number of halogens is 3. The summed E-state index contributed by atoms with van der Waals surface area (Å²) in [6, 6.07) is 6.88. The Hall–Kier alpha value is -0.910. The lowest BCUT2D eigenvalue weighted by Gasteiger charge is -2.04. The van der Waals surface area contributed by atoms with Gasteiger partial charge in [-0.2, -0.15) is 0 Å². The first-order valence-electron chi connectivity index (χ1n) is 5.22. The van der Waals surface area contributed by atoms with Crippen molar-refractivity contribution < 1.29 is 8.91 Å². The molecule has 18 heavy (non-hydrogen) atoms. The summed E-state index contributed by atoms with van der Waals surface area (Å²) in [4.78, 5) is 0. The minimum Gasteiger partial charge on any atom is -0.361 e. The van der Waals surface area contributed by atoms with Gasteiger partial charge in [0.15, 0.2) is 0 Å². The molecule has 1 aromatic carbocycles. The Kier molecular flexibility index (Phi) is 5.78. The first kappa shape index (κ1) is 15.1. The van der Waals surface area contributed by atoms with Crippen LogP contribution in [0.4, 0.5) is 4.39 Å². The summed E-state index contributed by atoms with van der Waals surface area (Å²) in [5.41, 5.74) is 1.45. The number of benzene rings is 1. The lowest BCUT2D eigenvalue weighted by atomic mass is 10.2. The summed E-state index contributed by atoms with van der Waals surface area (Å²) in [6.45, 7) is 2.86. The molecule has 0 atom stereocenters. The molecule has 0 bridgehead atoms. The van der Waals surface area contributed by atoms with E-state index in [-0.39, 0.29) is 18.2 Å². The molecule has 1 N–H and O–H groups in total. The van der Waals surface area contributed by atoms with Gasteiger partial charge in [-0.3, -0.25) is 0 Å². The number of aromatic nitrogens is 1. The highest BCUT2D eigenvalue weighted by Gasteiger charge is 2.03. The molecule has 1 aromatic heterocycles. The van der Waals surface area contributed by atoms with Crippen molar-refractivity contribution in [2.75, 3.05) is 0 Å². The first-order chi connectivity index (χ1) is 8.15. The molecule has 6 heteroatoms. The number of nitrogens with one attached hydrogen (secondary N) is 1. The predicted molar refractivity (Wildman–Crippen MR) is 73.1 cm³/mol. The highest BCUT2D eigenvalue weighted by atomic mass is 79.9. The molecule has 0 amide bonds. The van der Waals surface area contributed by atoms with Crippen molar-refractivity contribution in [3.8, 4) is 0 Å². The van der Waals surface area contributed by atoms with Gasteiger partial charge < -0.3 is 9.84 Å². The molecular weight excluding hydrogens is 322 g/mol. The quantitative estimate of drug-likeness (QED) is 0.928. The van der Waals surface area contributed by atoms with Crippen LogP contribution in [0, 0.1) is 12.7 Å². The number of nitrogens with zero attached hydrogens (tertiary/aromatic N) is 1. The van der Waals surface area contributed by atoms with Gasteiger partial charge in [0.2, 0.25) is 0 Å². The van der Waals surface area contributed by atoms with E-state index in [9.17, 15) is 4.39 Å². The Morgan fingerprint density at radius 1 is 1.33 bits per heavy atom. The lowest BCUT2D eigenvalue weighted by molar-refractivity contribution is 0.388. The van der Waals surface area contributed by atoms with Crippen LogP contribution < -0.4 is 5.32 Å². The van der Waals surface area contributed by atoms with E-state index in [0.29, 0.717) is 18.7 Å². The zero-order chi connectivity index (χ0) is 12.3. The normalized spacial score (nSPS) is 10.2. The maximum Gasteiger partial charge on any atom is 0.133 e. The maximum atomic E-state index is 13.5. The Labute approximate surface area is 119 Å². The molecule has 3 nitrogen and oxygen atoms in total. The minimum atomic E-state index is -0.219. The maximum absolute atomic E-state index is 13.5. The molecule has 0 radical (unpaired) electrons. The second-order valence-corrected chi connectivity index (χ2v) is 4.68. The lowest BCUT2D eigenvalue weighted by Crippen LogP contribution is -2.13. The summed E-state index contributed by atoms with van der Waals surface area (Å²) < 4.78 is 19.2. The molecule has 0 aliphatic heterocycles. The van der Waals surface area contributed by atoms with Crippen LogP contribution in [0.25, 0.3) is 0 Å². The second-order valence-electron chi connectivity index (χ2n) is 3.77. The zero-order valence-electron chi connectivity index (χ0n) is 9.74. The van der Waals surface area contributed by atoms with Gasteiger partial charge in [0.1, 0.15) is 11.6 Å². The van der Waals surface area contributed by atoms with E-state index in [2.05, 4.69) is 26.4 Å². The van der Waals surface area contributed by atoms with E-state index < -0.39 is 0 Å². The van der Waals surface area contributed by atoms with Gasteiger partial charge in [0, 0.05) is 29.2 Å². The van der Waals surface area contributed by atoms with Crippen LogP contribution in [0.2, 0.25) is 0 Å². The second kappa shape index (κ2) is 6.87. The summed E-state index contributed by atoms with van der Waals surface area (Å²) in [5.74, 6) is 0.555. The standard InChI is InChI=1S/C12H12BrFN2O.ClH/c1-8-4-11(16-17-8)7-15-6-9-2-3-10(13)5-12(9)14;/h2-5,15H,6-7H2,1H3;1H. The van der Waals surface area contributed by atoms with E-state index in [1.54, 1.807) is 6.07 Å². The molecule has 0 spiro atoms. The van der Waals surface area contributed by atoms with Gasteiger partial charge in [0.05, 0.1) is 5.69 Å². The molecular formula is C12H13BrClFN2O. The van der Waals surface area contributed by atoms with Gasteiger partial charge in [-0.25, -0.2) is 4.39 Å². The van der Waals surface area contributed by atoms with Gasteiger partial charge >= 0.3 is 0 Å². The van der Waals surface area contributed by atoms with Crippen molar-refractivity contribution in [3.63, 3.8) is 0 Å². The summed E-state index contributed by atoms with van der Waals surface area (Å²) in [5, 5.41) is 6.96. The molecule has 1 heterocycles. The molecule has 0 fully saturated rings. The molecule has 2 rings (SSSR count). The fourth-order valence-corrected chi connectivity index (χ4v) is 1.82. The van der Waals surface area contributed by atoms with Crippen LogP contribution >= 0.6 is 28.3 Å². The topological polar surface area (TPSA) is 38.1 Å². The Bertz CT molecular complexity index is 519. The van der Waals surface area contributed by atoms with Crippen LogP contribution in [0.15, 0.2) is 33.3 Å². The van der Waals surface area contributed by atoms with Crippen LogP contribution in [0.5, 0.6) is 0 Å². The van der Waals surface area contributed by atoms with E-state index in [1.807, 2.05) is 19.1 Å². The number of hydrogen-bond acceptors (Lipinski definition) is 3. The third-order valence-corrected chi connectivity index (χ3v) is 2.81. The van der Waals surface area contributed by atoms with Crippen LogP contribution in [-0.4, -0.2) is 5.16 Å². The van der Waals surface area contributed by atoms with E-state index in [0.717, 1.165) is 15.9 Å². The molecule has 2 aromatic rings. The fraction of sp³-hybridized carbons (Fsp3) is 0.250. The number of rotatable bonds is 4.